The van der Waals surface area contributed by atoms with Crippen LogP contribution in [-0.4, -0.2) is 55.5 Å². The molecule has 0 saturated heterocycles. The number of amides is 1. The molecule has 1 heterocycles. The molecular formula is C13H14BrNO6. The van der Waals surface area contributed by atoms with Gasteiger partial charge in [-0.3, -0.25) is 9.59 Å². The minimum Gasteiger partial charge on any atom is -0.480 e. The van der Waals surface area contributed by atoms with Gasteiger partial charge in [0.2, 0.25) is 6.79 Å². The van der Waals surface area contributed by atoms with Crippen LogP contribution in [0.2, 0.25) is 0 Å². The fourth-order valence-electron chi connectivity index (χ4n) is 1.89. The molecule has 1 N–H and O–H groups in total. The van der Waals surface area contributed by atoms with Crippen molar-refractivity contribution >= 4 is 27.8 Å². The van der Waals surface area contributed by atoms with E-state index in [1.54, 1.807) is 6.07 Å². The molecule has 0 atom stereocenters. The Balaban J connectivity index is 2.23. The van der Waals surface area contributed by atoms with Crippen LogP contribution in [0.3, 0.4) is 0 Å². The molecule has 0 unspecified atom stereocenters. The molecule has 7 nitrogen and oxygen atoms in total. The standard InChI is InChI=1S/C13H14BrNO6/c1-19-3-2-15(6-11(16)17)13(18)8-4-9(14)12-10(5-8)20-7-21-12/h4-5H,2-3,6-7H2,1H3,(H,16,17). The molecule has 0 spiro atoms. The second-order valence-electron chi connectivity index (χ2n) is 4.31. The molecule has 0 radical (unpaired) electrons. The molecule has 114 valence electrons. The van der Waals surface area contributed by atoms with Crippen molar-refractivity contribution < 1.29 is 28.9 Å². The fourth-order valence-corrected chi connectivity index (χ4v) is 2.45. The van der Waals surface area contributed by atoms with Gasteiger partial charge in [-0.2, -0.15) is 0 Å². The first-order chi connectivity index (χ1) is 10.0. The summed E-state index contributed by atoms with van der Waals surface area (Å²) in [5.74, 6) is -0.504. The lowest BCUT2D eigenvalue weighted by molar-refractivity contribution is -0.137. The summed E-state index contributed by atoms with van der Waals surface area (Å²) >= 11 is 3.30. The van der Waals surface area contributed by atoms with E-state index in [4.69, 9.17) is 19.3 Å². The molecule has 8 heteroatoms. The molecule has 0 fully saturated rings. The number of carbonyl (C=O) groups is 2. The number of benzene rings is 1. The minimum atomic E-state index is -1.08. The Labute approximate surface area is 129 Å². The maximum atomic E-state index is 12.4. The Hall–Kier alpha value is -1.80. The quantitative estimate of drug-likeness (QED) is 0.825. The van der Waals surface area contributed by atoms with Crippen molar-refractivity contribution in [3.8, 4) is 11.5 Å². The van der Waals surface area contributed by atoms with Crippen molar-refractivity contribution in [2.45, 2.75) is 0 Å². The topological polar surface area (TPSA) is 85.3 Å². The zero-order chi connectivity index (χ0) is 15.4. The molecule has 0 bridgehead atoms. The molecule has 1 aliphatic heterocycles. The van der Waals surface area contributed by atoms with E-state index in [1.165, 1.54) is 18.1 Å². The Bertz CT molecular complexity index is 562. The molecule has 21 heavy (non-hydrogen) atoms. The number of carboxylic acid groups (broad SMARTS) is 1. The number of hydrogen-bond donors (Lipinski definition) is 1. The number of hydrogen-bond acceptors (Lipinski definition) is 5. The van der Waals surface area contributed by atoms with Crippen molar-refractivity contribution in [2.24, 2.45) is 0 Å². The lowest BCUT2D eigenvalue weighted by Gasteiger charge is -2.20. The minimum absolute atomic E-state index is 0.0914. The summed E-state index contributed by atoms with van der Waals surface area (Å²) in [5, 5.41) is 8.90. The lowest BCUT2D eigenvalue weighted by Crippen LogP contribution is -2.38. The smallest absolute Gasteiger partial charge is 0.323 e. The number of carbonyl (C=O) groups excluding carboxylic acids is 1. The zero-order valence-electron chi connectivity index (χ0n) is 11.3. The number of nitrogens with zero attached hydrogens (tertiary/aromatic N) is 1. The third kappa shape index (κ3) is 3.64. The van der Waals surface area contributed by atoms with Gasteiger partial charge in [0.25, 0.3) is 5.91 Å². The summed E-state index contributed by atoms with van der Waals surface area (Å²) in [5.41, 5.74) is 0.323. The van der Waals surface area contributed by atoms with E-state index >= 15 is 0 Å². The van der Waals surface area contributed by atoms with Gasteiger partial charge in [0.15, 0.2) is 11.5 Å². The highest BCUT2D eigenvalue weighted by Crippen LogP contribution is 2.40. The van der Waals surface area contributed by atoms with E-state index in [9.17, 15) is 9.59 Å². The zero-order valence-corrected chi connectivity index (χ0v) is 12.9. The van der Waals surface area contributed by atoms with Gasteiger partial charge in [-0.25, -0.2) is 0 Å². The third-order valence-electron chi connectivity index (χ3n) is 2.85. The molecule has 1 amide bonds. The van der Waals surface area contributed by atoms with Crippen molar-refractivity contribution in [3.05, 3.63) is 22.2 Å². The number of aliphatic carboxylic acids is 1. The number of halogens is 1. The number of methoxy groups -OCH3 is 1. The molecular weight excluding hydrogens is 346 g/mol. The van der Waals surface area contributed by atoms with E-state index in [0.29, 0.717) is 21.5 Å². The summed E-state index contributed by atoms with van der Waals surface area (Å²) < 4.78 is 16.0. The van der Waals surface area contributed by atoms with E-state index in [0.717, 1.165) is 0 Å². The van der Waals surface area contributed by atoms with Crippen LogP contribution in [0.5, 0.6) is 11.5 Å². The first-order valence-corrected chi connectivity index (χ1v) is 6.91. The molecule has 1 aromatic rings. The summed E-state index contributed by atoms with van der Waals surface area (Å²) in [4.78, 5) is 24.5. The van der Waals surface area contributed by atoms with Crippen LogP contribution in [0.4, 0.5) is 0 Å². The van der Waals surface area contributed by atoms with Gasteiger partial charge in [-0.15, -0.1) is 0 Å². The van der Waals surface area contributed by atoms with Gasteiger partial charge in [0.1, 0.15) is 6.54 Å². The fraction of sp³-hybridized carbons (Fsp3) is 0.385. The average Bonchev–Trinajstić information content (AvgIpc) is 2.91. The summed E-state index contributed by atoms with van der Waals surface area (Å²) in [6.45, 7) is 0.140. The van der Waals surface area contributed by atoms with Crippen LogP contribution in [-0.2, 0) is 9.53 Å². The number of ether oxygens (including phenoxy) is 3. The number of carboxylic acids is 1. The predicted octanol–water partition coefficient (Wildman–Crippen LogP) is 1.35. The van der Waals surface area contributed by atoms with Crippen molar-refractivity contribution in [1.82, 2.24) is 4.90 Å². The molecule has 0 aliphatic carbocycles. The summed E-state index contributed by atoms with van der Waals surface area (Å²) in [6.07, 6.45) is 0. The largest absolute Gasteiger partial charge is 0.480 e. The van der Waals surface area contributed by atoms with E-state index in [2.05, 4.69) is 15.9 Å². The maximum Gasteiger partial charge on any atom is 0.323 e. The van der Waals surface area contributed by atoms with Gasteiger partial charge in [0.05, 0.1) is 11.1 Å². The predicted molar refractivity (Wildman–Crippen MR) is 75.7 cm³/mol. The Morgan fingerprint density at radius 3 is 2.86 bits per heavy atom. The maximum absolute atomic E-state index is 12.4. The molecule has 0 aromatic heterocycles. The number of rotatable bonds is 6. The molecule has 1 aromatic carbocycles. The van der Waals surface area contributed by atoms with E-state index < -0.39 is 18.4 Å². The van der Waals surface area contributed by atoms with Crippen LogP contribution < -0.4 is 9.47 Å². The van der Waals surface area contributed by atoms with E-state index in [-0.39, 0.29) is 19.9 Å². The van der Waals surface area contributed by atoms with Gasteiger partial charge in [-0.1, -0.05) is 0 Å². The second kappa shape index (κ2) is 6.77. The molecule has 0 saturated carbocycles. The van der Waals surface area contributed by atoms with Gasteiger partial charge in [-0.05, 0) is 28.1 Å². The summed E-state index contributed by atoms with van der Waals surface area (Å²) in [6, 6.07) is 3.12. The monoisotopic (exact) mass is 359 g/mol. The van der Waals surface area contributed by atoms with Crippen molar-refractivity contribution in [1.29, 1.82) is 0 Å². The van der Waals surface area contributed by atoms with Crippen LogP contribution in [0, 0.1) is 0 Å². The van der Waals surface area contributed by atoms with Crippen LogP contribution >= 0.6 is 15.9 Å². The SMILES string of the molecule is COCCN(CC(=O)O)C(=O)c1cc(Br)c2c(c1)OCO2. The summed E-state index contributed by atoms with van der Waals surface area (Å²) in [7, 11) is 1.49. The average molecular weight is 360 g/mol. The van der Waals surface area contributed by atoms with Crippen LogP contribution in [0.15, 0.2) is 16.6 Å². The van der Waals surface area contributed by atoms with E-state index in [1.807, 2.05) is 0 Å². The van der Waals surface area contributed by atoms with Crippen LogP contribution in [0.1, 0.15) is 10.4 Å². The van der Waals surface area contributed by atoms with Gasteiger partial charge < -0.3 is 24.2 Å². The van der Waals surface area contributed by atoms with Crippen molar-refractivity contribution in [3.63, 3.8) is 0 Å². The Kier molecular flexibility index (Phi) is 5.03. The first kappa shape index (κ1) is 15.6. The normalized spacial score (nSPS) is 12.3. The van der Waals surface area contributed by atoms with Crippen molar-refractivity contribution in [2.75, 3.05) is 33.6 Å². The molecule has 2 rings (SSSR count). The Morgan fingerprint density at radius 1 is 1.43 bits per heavy atom. The number of fused-ring (bicyclic) bond motifs is 1. The highest BCUT2D eigenvalue weighted by Gasteiger charge is 2.24. The van der Waals surface area contributed by atoms with Crippen LogP contribution in [0.25, 0.3) is 0 Å². The Morgan fingerprint density at radius 2 is 2.19 bits per heavy atom. The van der Waals surface area contributed by atoms with Gasteiger partial charge in [0, 0.05) is 19.2 Å². The van der Waals surface area contributed by atoms with Gasteiger partial charge >= 0.3 is 5.97 Å². The third-order valence-corrected chi connectivity index (χ3v) is 3.44. The second-order valence-corrected chi connectivity index (χ2v) is 5.16. The highest BCUT2D eigenvalue weighted by molar-refractivity contribution is 9.10. The lowest BCUT2D eigenvalue weighted by atomic mass is 10.1. The first-order valence-electron chi connectivity index (χ1n) is 6.12. The molecule has 1 aliphatic rings. The highest BCUT2D eigenvalue weighted by atomic mass is 79.9.